The summed E-state index contributed by atoms with van der Waals surface area (Å²) in [6.45, 7) is 12.1. The summed E-state index contributed by atoms with van der Waals surface area (Å²) >= 11 is 12.7. The number of nitrogens with one attached hydrogen (secondary N) is 1. The second-order valence-corrected chi connectivity index (χ2v) is 7.50. The molecule has 0 aromatic heterocycles. The molecule has 1 amide bonds. The minimum absolute atomic E-state index is 0.117. The molecule has 0 radical (unpaired) electrons. The number of hydrogen-bond acceptors (Lipinski definition) is 5. The highest BCUT2D eigenvalue weighted by atomic mass is 35.5. The van der Waals surface area contributed by atoms with Gasteiger partial charge in [0.1, 0.15) is 5.69 Å². The van der Waals surface area contributed by atoms with E-state index in [4.69, 9.17) is 23.2 Å². The van der Waals surface area contributed by atoms with E-state index in [0.29, 0.717) is 33.7 Å². The minimum Gasteiger partial charge on any atom is -0.372 e. The predicted octanol–water partition coefficient (Wildman–Crippen LogP) is 6.54. The van der Waals surface area contributed by atoms with E-state index in [9.17, 15) is 4.79 Å². The lowest BCUT2D eigenvalue weighted by Gasteiger charge is -2.20. The van der Waals surface area contributed by atoms with Crippen LogP contribution in [0, 0.1) is 0 Å². The molecule has 0 aliphatic heterocycles. The smallest absolute Gasteiger partial charge is 0.238 e. The number of likely N-dealkylation sites (N-methyl/N-ethyl adjacent to an activating group) is 1. The molecule has 0 spiro atoms. The SMILES string of the molecule is CCN(CC)CC(=O)Nc1cc(Cl)c(/N=N/c2ccc(N(CC)CC)cc2)c(Cl)c1. The Hall–Kier alpha value is -2.15. The normalized spacial score (nSPS) is 11.3. The van der Waals surface area contributed by atoms with E-state index < -0.39 is 0 Å². The second kappa shape index (κ2) is 11.9. The van der Waals surface area contributed by atoms with Crippen molar-refractivity contribution in [2.45, 2.75) is 27.7 Å². The maximum absolute atomic E-state index is 12.2. The Morgan fingerprint density at radius 1 is 0.900 bits per heavy atom. The van der Waals surface area contributed by atoms with Gasteiger partial charge >= 0.3 is 0 Å². The second-order valence-electron chi connectivity index (χ2n) is 6.69. The first-order chi connectivity index (χ1) is 14.4. The van der Waals surface area contributed by atoms with E-state index >= 15 is 0 Å². The first kappa shape index (κ1) is 24.1. The molecule has 2 aromatic rings. The summed E-state index contributed by atoms with van der Waals surface area (Å²) < 4.78 is 0. The quantitative estimate of drug-likeness (QED) is 0.419. The fraction of sp³-hybridized carbons (Fsp3) is 0.409. The van der Waals surface area contributed by atoms with Crippen LogP contribution >= 0.6 is 23.2 Å². The third-order valence-electron chi connectivity index (χ3n) is 4.81. The number of rotatable bonds is 10. The average Bonchev–Trinajstić information content (AvgIpc) is 2.73. The van der Waals surface area contributed by atoms with E-state index in [1.54, 1.807) is 12.1 Å². The topological polar surface area (TPSA) is 60.3 Å². The zero-order valence-corrected chi connectivity index (χ0v) is 19.5. The summed E-state index contributed by atoms with van der Waals surface area (Å²) in [5.41, 5.74) is 2.74. The molecular weight excluding hydrogens is 421 g/mol. The molecule has 2 aromatic carbocycles. The van der Waals surface area contributed by atoms with Crippen molar-refractivity contribution in [2.24, 2.45) is 10.2 Å². The van der Waals surface area contributed by atoms with Crippen molar-refractivity contribution < 1.29 is 4.79 Å². The van der Waals surface area contributed by atoms with Crippen LogP contribution in [0.4, 0.5) is 22.7 Å². The number of hydrogen-bond donors (Lipinski definition) is 1. The summed E-state index contributed by atoms with van der Waals surface area (Å²) in [5.74, 6) is -0.117. The number of anilines is 2. The van der Waals surface area contributed by atoms with E-state index in [1.165, 1.54) is 0 Å². The van der Waals surface area contributed by atoms with Crippen molar-refractivity contribution in [3.8, 4) is 0 Å². The Morgan fingerprint density at radius 3 is 1.97 bits per heavy atom. The van der Waals surface area contributed by atoms with Crippen LogP contribution in [0.5, 0.6) is 0 Å². The average molecular weight is 450 g/mol. The predicted molar refractivity (Wildman–Crippen MR) is 127 cm³/mol. The molecule has 0 saturated heterocycles. The fourth-order valence-electron chi connectivity index (χ4n) is 3.01. The number of nitrogens with zero attached hydrogens (tertiary/aromatic N) is 4. The molecule has 0 fully saturated rings. The van der Waals surface area contributed by atoms with Crippen LogP contribution in [0.1, 0.15) is 27.7 Å². The summed E-state index contributed by atoms with van der Waals surface area (Å²) in [5, 5.41) is 11.9. The highest BCUT2D eigenvalue weighted by Gasteiger charge is 2.12. The first-order valence-electron chi connectivity index (χ1n) is 10.2. The van der Waals surface area contributed by atoms with Gasteiger partial charge in [-0.05, 0) is 63.3 Å². The molecule has 0 heterocycles. The molecule has 1 N–H and O–H groups in total. The number of azo groups is 1. The summed E-state index contributed by atoms with van der Waals surface area (Å²) in [4.78, 5) is 16.5. The summed E-state index contributed by atoms with van der Waals surface area (Å²) in [6, 6.07) is 11.1. The number of carbonyl (C=O) groups excluding carboxylic acids is 1. The van der Waals surface area contributed by atoms with Gasteiger partial charge in [-0.15, -0.1) is 5.11 Å². The number of halogens is 2. The van der Waals surface area contributed by atoms with Gasteiger partial charge in [0.05, 0.1) is 22.3 Å². The van der Waals surface area contributed by atoms with E-state index in [1.807, 2.05) is 43.0 Å². The monoisotopic (exact) mass is 449 g/mol. The van der Waals surface area contributed by atoms with Crippen LogP contribution in [-0.2, 0) is 4.79 Å². The Kier molecular flexibility index (Phi) is 9.56. The van der Waals surface area contributed by atoms with Gasteiger partial charge in [0.2, 0.25) is 5.91 Å². The van der Waals surface area contributed by atoms with Crippen molar-refractivity contribution in [3.05, 3.63) is 46.4 Å². The Bertz CT molecular complexity index is 839. The van der Waals surface area contributed by atoms with Gasteiger partial charge in [0.25, 0.3) is 0 Å². The molecule has 0 bridgehead atoms. The van der Waals surface area contributed by atoms with Crippen LogP contribution in [0.3, 0.4) is 0 Å². The van der Waals surface area contributed by atoms with Crippen molar-refractivity contribution in [3.63, 3.8) is 0 Å². The summed E-state index contributed by atoms with van der Waals surface area (Å²) in [7, 11) is 0. The maximum atomic E-state index is 12.2. The fourth-order valence-corrected chi connectivity index (χ4v) is 3.57. The maximum Gasteiger partial charge on any atom is 0.238 e. The van der Waals surface area contributed by atoms with E-state index in [-0.39, 0.29) is 5.91 Å². The van der Waals surface area contributed by atoms with E-state index in [2.05, 4.69) is 34.3 Å². The molecular formula is C22H29Cl2N5O. The van der Waals surface area contributed by atoms with Gasteiger partial charge in [-0.25, -0.2) is 0 Å². The number of benzene rings is 2. The van der Waals surface area contributed by atoms with Crippen LogP contribution in [-0.4, -0.2) is 43.5 Å². The molecule has 8 heteroatoms. The van der Waals surface area contributed by atoms with Crippen LogP contribution in [0.15, 0.2) is 46.6 Å². The number of carbonyl (C=O) groups is 1. The van der Waals surface area contributed by atoms with Gasteiger partial charge in [0, 0.05) is 24.5 Å². The Morgan fingerprint density at radius 2 is 1.47 bits per heavy atom. The molecule has 6 nitrogen and oxygen atoms in total. The van der Waals surface area contributed by atoms with Crippen LogP contribution in [0.2, 0.25) is 10.0 Å². The third-order valence-corrected chi connectivity index (χ3v) is 5.38. The van der Waals surface area contributed by atoms with Crippen molar-refractivity contribution in [1.82, 2.24) is 4.90 Å². The van der Waals surface area contributed by atoms with Crippen LogP contribution < -0.4 is 10.2 Å². The standard InChI is InChI=1S/C22H29Cl2N5O/c1-5-28(6-2)15-21(30)25-17-13-19(23)22(20(24)14-17)27-26-16-9-11-18(12-10-16)29(7-3)8-4/h9-14H,5-8,15H2,1-4H3,(H,25,30)/b27-26+. The largest absolute Gasteiger partial charge is 0.372 e. The van der Waals surface area contributed by atoms with Gasteiger partial charge < -0.3 is 10.2 Å². The molecule has 30 heavy (non-hydrogen) atoms. The van der Waals surface area contributed by atoms with Gasteiger partial charge in [0.15, 0.2) is 0 Å². The Labute approximate surface area is 188 Å². The zero-order valence-electron chi connectivity index (χ0n) is 18.0. The van der Waals surface area contributed by atoms with Crippen molar-refractivity contribution in [2.75, 3.05) is 42.9 Å². The molecule has 0 unspecified atom stereocenters. The Balaban J connectivity index is 2.11. The zero-order chi connectivity index (χ0) is 22.1. The van der Waals surface area contributed by atoms with E-state index in [0.717, 1.165) is 31.9 Å². The first-order valence-corrected chi connectivity index (χ1v) is 10.9. The minimum atomic E-state index is -0.117. The molecule has 2 rings (SSSR count). The lowest BCUT2D eigenvalue weighted by atomic mass is 10.2. The van der Waals surface area contributed by atoms with Crippen LogP contribution in [0.25, 0.3) is 0 Å². The lowest BCUT2D eigenvalue weighted by Crippen LogP contribution is -2.32. The van der Waals surface area contributed by atoms with Gasteiger partial charge in [-0.2, -0.15) is 5.11 Å². The highest BCUT2D eigenvalue weighted by Crippen LogP contribution is 2.37. The molecule has 0 atom stereocenters. The van der Waals surface area contributed by atoms with Gasteiger partial charge in [-0.3, -0.25) is 9.69 Å². The number of amides is 1. The summed E-state index contributed by atoms with van der Waals surface area (Å²) in [6.07, 6.45) is 0. The van der Waals surface area contributed by atoms with Crippen molar-refractivity contribution >= 4 is 51.9 Å². The molecule has 162 valence electrons. The molecule has 0 saturated carbocycles. The molecule has 0 aliphatic carbocycles. The molecule has 0 aliphatic rings. The van der Waals surface area contributed by atoms with Gasteiger partial charge in [-0.1, -0.05) is 37.0 Å². The van der Waals surface area contributed by atoms with Crippen molar-refractivity contribution in [1.29, 1.82) is 0 Å². The highest BCUT2D eigenvalue weighted by molar-refractivity contribution is 6.39. The third kappa shape index (κ3) is 6.69. The lowest BCUT2D eigenvalue weighted by molar-refractivity contribution is -0.117.